The largest absolute Gasteiger partial charge is 0.491 e. The summed E-state index contributed by atoms with van der Waals surface area (Å²) < 4.78 is 40.0. The van der Waals surface area contributed by atoms with Crippen LogP contribution in [0.5, 0.6) is 5.75 Å². The summed E-state index contributed by atoms with van der Waals surface area (Å²) in [4.78, 5) is 29.9. The first-order valence-electron chi connectivity index (χ1n) is 12.6. The second-order valence-corrected chi connectivity index (χ2v) is 11.7. The minimum Gasteiger partial charge on any atom is -0.491 e. The van der Waals surface area contributed by atoms with E-state index in [-0.39, 0.29) is 65.3 Å². The fourth-order valence-corrected chi connectivity index (χ4v) is 5.34. The molecule has 0 fully saturated rings. The van der Waals surface area contributed by atoms with Crippen LogP contribution in [-0.4, -0.2) is 82.2 Å². The summed E-state index contributed by atoms with van der Waals surface area (Å²) in [6, 6.07) is 12.0. The molecule has 1 heterocycles. The van der Waals surface area contributed by atoms with E-state index >= 15 is 0 Å². The van der Waals surface area contributed by atoms with Crippen LogP contribution in [-0.2, 0) is 14.8 Å². The molecule has 0 aromatic heterocycles. The molecule has 10 nitrogen and oxygen atoms in total. The number of sulfonamides is 1. The number of likely N-dealkylation sites (N-methyl/N-ethyl adjacent to an activating group) is 1. The molecule has 208 valence electrons. The molecule has 11 heteroatoms. The van der Waals surface area contributed by atoms with Crippen molar-refractivity contribution >= 4 is 27.6 Å². The lowest BCUT2D eigenvalue weighted by atomic mass is 10.0. The van der Waals surface area contributed by atoms with Crippen LogP contribution in [0.4, 0.5) is 10.5 Å². The van der Waals surface area contributed by atoms with E-state index in [1.165, 1.54) is 23.1 Å². The summed E-state index contributed by atoms with van der Waals surface area (Å²) >= 11 is 0. The maximum absolute atomic E-state index is 13.5. The summed E-state index contributed by atoms with van der Waals surface area (Å²) in [6.07, 6.45) is -0.339. The third kappa shape index (κ3) is 7.16. The topological polar surface area (TPSA) is 117 Å². The Labute approximate surface area is 225 Å². The highest BCUT2D eigenvalue weighted by molar-refractivity contribution is 7.92. The van der Waals surface area contributed by atoms with E-state index < -0.39 is 10.0 Å². The fraction of sp³-hybridized carbons (Fsp3) is 0.481. The van der Waals surface area contributed by atoms with Crippen LogP contribution < -0.4 is 14.8 Å². The van der Waals surface area contributed by atoms with Crippen LogP contribution in [0.1, 0.15) is 38.1 Å². The van der Waals surface area contributed by atoms with Gasteiger partial charge in [-0.2, -0.15) is 0 Å². The number of anilines is 1. The molecule has 2 aromatic rings. The number of methoxy groups -OCH3 is 1. The van der Waals surface area contributed by atoms with Crippen molar-refractivity contribution in [3.63, 3.8) is 0 Å². The standard InChI is InChI=1S/C27H38N4O6S/c1-18(2)28-27(33)31-15-19(3)25(36-6)16-30(5)26(32)23-14-21(12-13-24(23)37-17-20(31)4)29-38(34,35)22-10-8-7-9-11-22/h7-14,18-20,25,29H,15-17H2,1-6H3,(H,28,33)/t19-,20-,25+/m0/s1. The lowest BCUT2D eigenvalue weighted by molar-refractivity contribution is 0.0165. The Morgan fingerprint density at radius 2 is 1.79 bits per heavy atom. The third-order valence-electron chi connectivity index (χ3n) is 6.42. The van der Waals surface area contributed by atoms with E-state index in [2.05, 4.69) is 10.0 Å². The predicted octanol–water partition coefficient (Wildman–Crippen LogP) is 3.41. The first-order valence-corrected chi connectivity index (χ1v) is 14.1. The number of carbonyl (C=O) groups excluding carboxylic acids is 2. The van der Waals surface area contributed by atoms with Crippen molar-refractivity contribution in [1.29, 1.82) is 0 Å². The molecule has 38 heavy (non-hydrogen) atoms. The zero-order chi connectivity index (χ0) is 28.0. The molecule has 0 saturated heterocycles. The number of amides is 3. The van der Waals surface area contributed by atoms with Gasteiger partial charge in [0.1, 0.15) is 12.4 Å². The predicted molar refractivity (Wildman–Crippen MR) is 146 cm³/mol. The molecule has 2 aromatic carbocycles. The van der Waals surface area contributed by atoms with Gasteiger partial charge in [0, 0.05) is 44.9 Å². The summed E-state index contributed by atoms with van der Waals surface area (Å²) in [5.41, 5.74) is 0.432. The number of benzene rings is 2. The molecule has 0 radical (unpaired) electrons. The number of hydrogen-bond acceptors (Lipinski definition) is 6. The Morgan fingerprint density at radius 1 is 1.11 bits per heavy atom. The van der Waals surface area contributed by atoms with Crippen molar-refractivity contribution in [2.24, 2.45) is 5.92 Å². The van der Waals surface area contributed by atoms with Crippen molar-refractivity contribution in [1.82, 2.24) is 15.1 Å². The molecule has 0 saturated carbocycles. The Morgan fingerprint density at radius 3 is 2.42 bits per heavy atom. The Hall–Kier alpha value is -3.31. The van der Waals surface area contributed by atoms with Gasteiger partial charge in [0.25, 0.3) is 15.9 Å². The average molecular weight is 547 g/mol. The van der Waals surface area contributed by atoms with Gasteiger partial charge in [-0.15, -0.1) is 0 Å². The fourth-order valence-electron chi connectivity index (χ4n) is 4.27. The summed E-state index contributed by atoms with van der Waals surface area (Å²) in [6.45, 7) is 8.48. The van der Waals surface area contributed by atoms with Gasteiger partial charge in [0.15, 0.2) is 0 Å². The number of urea groups is 1. The molecule has 3 rings (SSSR count). The van der Waals surface area contributed by atoms with E-state index in [4.69, 9.17) is 9.47 Å². The zero-order valence-electron chi connectivity index (χ0n) is 22.8. The summed E-state index contributed by atoms with van der Waals surface area (Å²) in [5.74, 6) is -0.126. The van der Waals surface area contributed by atoms with Crippen LogP contribution in [0.2, 0.25) is 0 Å². The highest BCUT2D eigenvalue weighted by Gasteiger charge is 2.30. The smallest absolute Gasteiger partial charge is 0.317 e. The maximum Gasteiger partial charge on any atom is 0.317 e. The quantitative estimate of drug-likeness (QED) is 0.594. The van der Waals surface area contributed by atoms with Crippen LogP contribution in [0.3, 0.4) is 0 Å². The van der Waals surface area contributed by atoms with Gasteiger partial charge in [-0.05, 0) is 51.1 Å². The van der Waals surface area contributed by atoms with Crippen molar-refractivity contribution in [2.75, 3.05) is 38.6 Å². The molecule has 0 bridgehead atoms. The van der Waals surface area contributed by atoms with Gasteiger partial charge in [0.05, 0.1) is 22.6 Å². The molecule has 1 aliphatic rings. The lowest BCUT2D eigenvalue weighted by Crippen LogP contribution is -2.52. The van der Waals surface area contributed by atoms with Crippen molar-refractivity contribution in [3.8, 4) is 5.75 Å². The van der Waals surface area contributed by atoms with Gasteiger partial charge in [-0.25, -0.2) is 13.2 Å². The van der Waals surface area contributed by atoms with E-state index in [0.29, 0.717) is 12.3 Å². The second-order valence-electron chi connectivity index (χ2n) is 9.98. The van der Waals surface area contributed by atoms with E-state index in [0.717, 1.165) is 0 Å². The minimum atomic E-state index is -3.85. The number of hydrogen-bond donors (Lipinski definition) is 2. The molecule has 3 atom stereocenters. The normalized spacial score (nSPS) is 21.1. The van der Waals surface area contributed by atoms with E-state index in [1.807, 2.05) is 27.7 Å². The molecule has 1 aliphatic heterocycles. The van der Waals surface area contributed by atoms with Crippen LogP contribution in [0, 0.1) is 5.92 Å². The second kappa shape index (κ2) is 12.5. The third-order valence-corrected chi connectivity index (χ3v) is 7.82. The number of ether oxygens (including phenoxy) is 2. The first kappa shape index (κ1) is 29.2. The molecular formula is C27H38N4O6S. The minimum absolute atomic E-state index is 0.0342. The van der Waals surface area contributed by atoms with Gasteiger partial charge in [0.2, 0.25) is 0 Å². The van der Waals surface area contributed by atoms with E-state index in [1.54, 1.807) is 49.4 Å². The first-order chi connectivity index (χ1) is 17.9. The van der Waals surface area contributed by atoms with Gasteiger partial charge < -0.3 is 24.6 Å². The molecule has 2 N–H and O–H groups in total. The number of fused-ring (bicyclic) bond motifs is 1. The van der Waals surface area contributed by atoms with Crippen LogP contribution in [0.15, 0.2) is 53.4 Å². The highest BCUT2D eigenvalue weighted by Crippen LogP contribution is 2.27. The number of rotatable bonds is 5. The van der Waals surface area contributed by atoms with Crippen LogP contribution >= 0.6 is 0 Å². The van der Waals surface area contributed by atoms with Crippen molar-refractivity contribution in [2.45, 2.75) is 50.8 Å². The molecular weight excluding hydrogens is 508 g/mol. The summed E-state index contributed by atoms with van der Waals surface area (Å²) in [7, 11) is -0.613. The molecule has 3 amide bonds. The zero-order valence-corrected chi connectivity index (χ0v) is 23.6. The Kier molecular flexibility index (Phi) is 9.61. The summed E-state index contributed by atoms with van der Waals surface area (Å²) in [5, 5.41) is 2.95. The monoisotopic (exact) mass is 546 g/mol. The lowest BCUT2D eigenvalue weighted by Gasteiger charge is -2.36. The number of nitrogens with zero attached hydrogens (tertiary/aromatic N) is 2. The Bertz CT molecular complexity index is 1220. The van der Waals surface area contributed by atoms with Crippen LogP contribution in [0.25, 0.3) is 0 Å². The van der Waals surface area contributed by atoms with Gasteiger partial charge in [-0.3, -0.25) is 9.52 Å². The maximum atomic E-state index is 13.5. The number of carbonyl (C=O) groups is 2. The molecule has 0 spiro atoms. The van der Waals surface area contributed by atoms with Crippen molar-refractivity contribution < 1.29 is 27.5 Å². The van der Waals surface area contributed by atoms with Crippen molar-refractivity contribution in [3.05, 3.63) is 54.1 Å². The van der Waals surface area contributed by atoms with Gasteiger partial charge in [-0.1, -0.05) is 25.1 Å². The highest BCUT2D eigenvalue weighted by atomic mass is 32.2. The average Bonchev–Trinajstić information content (AvgIpc) is 2.87. The van der Waals surface area contributed by atoms with E-state index in [9.17, 15) is 18.0 Å². The number of nitrogens with one attached hydrogen (secondary N) is 2. The van der Waals surface area contributed by atoms with Gasteiger partial charge >= 0.3 is 6.03 Å². The SMILES string of the molecule is CO[C@@H]1CN(C)C(=O)c2cc(NS(=O)(=O)c3ccccc3)ccc2OC[C@H](C)N(C(=O)NC(C)C)C[C@@H]1C. The Balaban J connectivity index is 1.97. The molecule has 0 unspecified atom stereocenters. The molecule has 0 aliphatic carbocycles.